The molecule has 3 fully saturated rings. The van der Waals surface area contributed by atoms with Crippen LogP contribution in [-0.2, 0) is 16.0 Å². The van der Waals surface area contributed by atoms with Gasteiger partial charge in [-0.2, -0.15) is 5.26 Å². The van der Waals surface area contributed by atoms with Crippen LogP contribution in [0.15, 0.2) is 43.1 Å². The predicted molar refractivity (Wildman–Crippen MR) is 174 cm³/mol. The van der Waals surface area contributed by atoms with Crippen LogP contribution in [0.4, 0.5) is 11.6 Å². The number of rotatable bonds is 12. The number of anilines is 2. The molecule has 0 amide bonds. The number of hydrogen-bond donors (Lipinski definition) is 1. The van der Waals surface area contributed by atoms with Crippen LogP contribution in [-0.4, -0.2) is 103 Å². The molecule has 48 heavy (non-hydrogen) atoms. The number of hydrogen-bond acceptors (Lipinski definition) is 13. The second kappa shape index (κ2) is 15.1. The minimum atomic E-state index is -0.267. The number of benzene rings is 1. The molecule has 3 aromatic heterocycles. The Morgan fingerprint density at radius 3 is 2.56 bits per heavy atom. The van der Waals surface area contributed by atoms with Crippen LogP contribution < -0.4 is 14.8 Å². The van der Waals surface area contributed by atoms with E-state index in [2.05, 4.69) is 46.5 Å². The molecule has 2 saturated heterocycles. The van der Waals surface area contributed by atoms with Crippen LogP contribution >= 0.6 is 0 Å². The van der Waals surface area contributed by atoms with E-state index in [9.17, 15) is 5.26 Å². The molecule has 0 bridgehead atoms. The fourth-order valence-corrected chi connectivity index (χ4v) is 6.63. The van der Waals surface area contributed by atoms with E-state index < -0.39 is 0 Å². The third-order valence-electron chi connectivity index (χ3n) is 9.28. The Balaban J connectivity index is 1.04. The van der Waals surface area contributed by atoms with Gasteiger partial charge in [-0.1, -0.05) is 6.07 Å². The molecular weight excluding hydrogens is 614 g/mol. The molecule has 1 saturated carbocycles. The van der Waals surface area contributed by atoms with Crippen molar-refractivity contribution in [3.05, 3.63) is 48.7 Å². The molecule has 0 spiro atoms. The summed E-state index contributed by atoms with van der Waals surface area (Å²) in [4.78, 5) is 11.8. The van der Waals surface area contributed by atoms with Gasteiger partial charge in [0.25, 0.3) is 5.88 Å². The smallest absolute Gasteiger partial charge is 0.256 e. The fourth-order valence-electron chi connectivity index (χ4n) is 6.63. The standard InChI is InChI=1S/C33H41N11O4/c1-23(18-43-22-37-40-41-43)48-31-14-25(2-3-26(31)15-34)27-16-35-33(36-17-27)38-30-19-44(39-32(30)47-21-24-8-11-46-20-24)29-6-4-28(5-7-29)42-9-12-45-13-10-42/h2-3,14,16-17,19,22-24,28-29H,4-13,18,20-21H2,1H3,(H,35,36,38). The highest BCUT2D eigenvalue weighted by atomic mass is 16.5. The maximum Gasteiger partial charge on any atom is 0.256 e. The molecule has 3 aliphatic rings. The first kappa shape index (κ1) is 31.9. The SMILES string of the molecule is CC(Cn1cnnn1)Oc1cc(-c2cnc(Nc3cn(C4CCC(N5CCOCC5)CC4)nc3OCC3CCOC3)nc2)ccc1C#N. The molecule has 2 aliphatic heterocycles. The summed E-state index contributed by atoms with van der Waals surface area (Å²) >= 11 is 0. The zero-order valence-corrected chi connectivity index (χ0v) is 27.1. The van der Waals surface area contributed by atoms with E-state index in [0.717, 1.165) is 81.8 Å². The molecule has 252 valence electrons. The van der Waals surface area contributed by atoms with Crippen LogP contribution in [0.3, 0.4) is 0 Å². The Morgan fingerprint density at radius 2 is 1.83 bits per heavy atom. The summed E-state index contributed by atoms with van der Waals surface area (Å²) in [7, 11) is 0. The van der Waals surface area contributed by atoms with E-state index in [1.807, 2.05) is 25.3 Å². The van der Waals surface area contributed by atoms with Gasteiger partial charge in [-0.05, 0) is 67.2 Å². The number of nitriles is 1. The Kier molecular flexibility index (Phi) is 10.0. The monoisotopic (exact) mass is 655 g/mol. The molecule has 15 nitrogen and oxygen atoms in total. The van der Waals surface area contributed by atoms with Crippen molar-refractivity contribution in [2.45, 2.75) is 63.8 Å². The molecule has 1 N–H and O–H groups in total. The Morgan fingerprint density at radius 1 is 1.02 bits per heavy atom. The average molecular weight is 656 g/mol. The summed E-state index contributed by atoms with van der Waals surface area (Å²) in [6.45, 7) is 8.07. The first-order valence-electron chi connectivity index (χ1n) is 16.7. The Labute approximate surface area is 279 Å². The quantitative estimate of drug-likeness (QED) is 0.236. The highest BCUT2D eigenvalue weighted by molar-refractivity contribution is 5.67. The van der Waals surface area contributed by atoms with Gasteiger partial charge in [0, 0.05) is 49.6 Å². The van der Waals surface area contributed by atoms with Crippen LogP contribution in [0.5, 0.6) is 11.6 Å². The summed E-state index contributed by atoms with van der Waals surface area (Å²) in [5.41, 5.74) is 2.79. The summed E-state index contributed by atoms with van der Waals surface area (Å²) in [5.74, 6) is 1.81. The Hall–Kier alpha value is -4.65. The number of ether oxygens (including phenoxy) is 4. The second-order valence-corrected chi connectivity index (χ2v) is 12.7. The molecule has 7 rings (SSSR count). The lowest BCUT2D eigenvalue weighted by molar-refractivity contribution is 0.00502. The first-order valence-corrected chi connectivity index (χ1v) is 16.7. The third-order valence-corrected chi connectivity index (χ3v) is 9.28. The zero-order chi connectivity index (χ0) is 32.7. The molecule has 4 aromatic rings. The van der Waals surface area contributed by atoms with Crippen LogP contribution in [0, 0.1) is 17.2 Å². The van der Waals surface area contributed by atoms with Crippen molar-refractivity contribution in [1.82, 2.24) is 44.9 Å². The first-order chi connectivity index (χ1) is 23.6. The van der Waals surface area contributed by atoms with E-state index in [0.29, 0.717) is 60.9 Å². The zero-order valence-electron chi connectivity index (χ0n) is 27.1. The van der Waals surface area contributed by atoms with Crippen molar-refractivity contribution in [3.8, 4) is 28.8 Å². The van der Waals surface area contributed by atoms with Crippen molar-refractivity contribution in [2.75, 3.05) is 51.4 Å². The molecule has 0 radical (unpaired) electrons. The van der Waals surface area contributed by atoms with Gasteiger partial charge in [0.2, 0.25) is 5.95 Å². The van der Waals surface area contributed by atoms with E-state index in [1.165, 1.54) is 6.33 Å². The highest BCUT2D eigenvalue weighted by Crippen LogP contribution is 2.35. The van der Waals surface area contributed by atoms with E-state index in [1.54, 1.807) is 23.1 Å². The minimum Gasteiger partial charge on any atom is -0.487 e. The summed E-state index contributed by atoms with van der Waals surface area (Å²) in [6.07, 6.45) is 12.2. The number of aromatic nitrogens is 8. The fraction of sp³-hybridized carbons (Fsp3) is 0.545. The van der Waals surface area contributed by atoms with Crippen LogP contribution in [0.2, 0.25) is 0 Å². The average Bonchev–Trinajstić information content (AvgIpc) is 3.92. The number of morpholine rings is 1. The summed E-state index contributed by atoms with van der Waals surface area (Å²) in [5, 5.41) is 29.1. The van der Waals surface area contributed by atoms with Gasteiger partial charge >= 0.3 is 0 Å². The maximum absolute atomic E-state index is 9.67. The molecule has 2 unspecified atom stereocenters. The lowest BCUT2D eigenvalue weighted by Crippen LogP contribution is -2.45. The van der Waals surface area contributed by atoms with E-state index in [-0.39, 0.29) is 6.10 Å². The van der Waals surface area contributed by atoms with Gasteiger partial charge in [0.15, 0.2) is 0 Å². The number of nitrogens with zero attached hydrogens (tertiary/aromatic N) is 10. The lowest BCUT2D eigenvalue weighted by atomic mass is 9.90. The Bertz CT molecular complexity index is 1650. The van der Waals surface area contributed by atoms with Gasteiger partial charge in [-0.15, -0.1) is 10.2 Å². The topological polar surface area (TPSA) is 163 Å². The second-order valence-electron chi connectivity index (χ2n) is 12.7. The largest absolute Gasteiger partial charge is 0.487 e. The van der Waals surface area contributed by atoms with Gasteiger partial charge in [-0.25, -0.2) is 14.6 Å². The maximum atomic E-state index is 9.67. The van der Waals surface area contributed by atoms with E-state index in [4.69, 9.17) is 24.0 Å². The molecule has 1 aromatic carbocycles. The lowest BCUT2D eigenvalue weighted by Gasteiger charge is -2.38. The number of nitrogens with one attached hydrogen (secondary N) is 1. The van der Waals surface area contributed by atoms with Gasteiger partial charge in [-0.3, -0.25) is 9.58 Å². The van der Waals surface area contributed by atoms with Gasteiger partial charge < -0.3 is 24.3 Å². The normalized spacial score (nSPS) is 22.2. The molecular formula is C33H41N11O4. The third kappa shape index (κ3) is 7.73. The molecule has 5 heterocycles. The summed E-state index contributed by atoms with van der Waals surface area (Å²) < 4.78 is 27.1. The molecule has 15 heteroatoms. The minimum absolute atomic E-state index is 0.267. The van der Waals surface area contributed by atoms with Crippen LogP contribution in [0.25, 0.3) is 11.1 Å². The van der Waals surface area contributed by atoms with Gasteiger partial charge in [0.05, 0.1) is 50.8 Å². The van der Waals surface area contributed by atoms with Crippen molar-refractivity contribution in [2.24, 2.45) is 5.92 Å². The van der Waals surface area contributed by atoms with Crippen molar-refractivity contribution in [3.63, 3.8) is 0 Å². The van der Waals surface area contributed by atoms with Crippen molar-refractivity contribution < 1.29 is 18.9 Å². The predicted octanol–water partition coefficient (Wildman–Crippen LogP) is 3.64. The van der Waals surface area contributed by atoms with E-state index >= 15 is 0 Å². The molecule has 2 atom stereocenters. The van der Waals surface area contributed by atoms with Gasteiger partial charge in [0.1, 0.15) is 29.9 Å². The summed E-state index contributed by atoms with van der Waals surface area (Å²) in [6, 6.07) is 8.55. The molecule has 1 aliphatic carbocycles. The number of tetrazole rings is 1. The van der Waals surface area contributed by atoms with Crippen LogP contribution in [0.1, 0.15) is 50.6 Å². The van der Waals surface area contributed by atoms with Crippen molar-refractivity contribution >= 4 is 11.6 Å². The highest BCUT2D eigenvalue weighted by Gasteiger charge is 2.29. The van der Waals surface area contributed by atoms with Crippen molar-refractivity contribution in [1.29, 1.82) is 5.26 Å².